The Kier molecular flexibility index (Phi) is 6.80. The zero-order valence-corrected chi connectivity index (χ0v) is 14.1. The number of aryl methyl sites for hydroxylation is 1. The number of thiazole rings is 1. The molecule has 0 aromatic carbocycles. The number of aromatic nitrogens is 1. The van der Waals surface area contributed by atoms with Gasteiger partial charge in [-0.15, -0.1) is 11.3 Å². The van der Waals surface area contributed by atoms with Gasteiger partial charge in [0.1, 0.15) is 0 Å². The van der Waals surface area contributed by atoms with E-state index in [0.29, 0.717) is 6.04 Å². The molecule has 0 aliphatic rings. The molecule has 110 valence electrons. The second-order valence-electron chi connectivity index (χ2n) is 5.59. The van der Waals surface area contributed by atoms with E-state index in [9.17, 15) is 0 Å². The molecular formula is C15H29N3S. The molecule has 1 aromatic rings. The molecule has 0 radical (unpaired) electrons. The Morgan fingerprint density at radius 2 is 1.95 bits per heavy atom. The van der Waals surface area contributed by atoms with Crippen LogP contribution in [0.2, 0.25) is 0 Å². The number of hydrogen-bond donors (Lipinski definition) is 1. The molecule has 1 N–H and O–H groups in total. The van der Waals surface area contributed by atoms with Crippen molar-refractivity contribution in [3.8, 4) is 0 Å². The lowest BCUT2D eigenvalue weighted by Gasteiger charge is -2.25. The second-order valence-corrected chi connectivity index (χ2v) is 6.65. The second kappa shape index (κ2) is 7.85. The molecule has 1 rings (SSSR count). The van der Waals surface area contributed by atoms with Crippen molar-refractivity contribution in [3.63, 3.8) is 0 Å². The summed E-state index contributed by atoms with van der Waals surface area (Å²) >= 11 is 1.84. The van der Waals surface area contributed by atoms with Gasteiger partial charge >= 0.3 is 0 Å². The van der Waals surface area contributed by atoms with Crippen molar-refractivity contribution in [2.45, 2.75) is 60.0 Å². The molecule has 3 nitrogen and oxygen atoms in total. The summed E-state index contributed by atoms with van der Waals surface area (Å²) in [5, 5.41) is 4.57. The Morgan fingerprint density at radius 1 is 1.26 bits per heavy atom. The third-order valence-electron chi connectivity index (χ3n) is 3.41. The van der Waals surface area contributed by atoms with E-state index in [-0.39, 0.29) is 0 Å². The van der Waals surface area contributed by atoms with Crippen LogP contribution in [0.25, 0.3) is 0 Å². The lowest BCUT2D eigenvalue weighted by atomic mass is 10.0. The quantitative estimate of drug-likeness (QED) is 0.789. The first-order valence-electron chi connectivity index (χ1n) is 7.41. The van der Waals surface area contributed by atoms with E-state index < -0.39 is 0 Å². The highest BCUT2D eigenvalue weighted by atomic mass is 32.1. The summed E-state index contributed by atoms with van der Waals surface area (Å²) in [6, 6.07) is 0.544. The molecule has 4 heteroatoms. The fraction of sp³-hybridized carbons (Fsp3) is 0.800. The summed E-state index contributed by atoms with van der Waals surface area (Å²) in [5.74, 6) is 0.726. The van der Waals surface area contributed by atoms with Crippen LogP contribution in [-0.2, 0) is 13.0 Å². The lowest BCUT2D eigenvalue weighted by Crippen LogP contribution is -2.29. The van der Waals surface area contributed by atoms with E-state index in [1.165, 1.54) is 17.0 Å². The summed E-state index contributed by atoms with van der Waals surface area (Å²) in [7, 11) is 2.17. The third-order valence-corrected chi connectivity index (χ3v) is 4.60. The van der Waals surface area contributed by atoms with E-state index >= 15 is 0 Å². The highest BCUT2D eigenvalue weighted by molar-refractivity contribution is 7.15. The minimum Gasteiger partial charge on any atom is -0.348 e. The molecule has 0 aliphatic carbocycles. The van der Waals surface area contributed by atoms with E-state index in [1.807, 2.05) is 11.3 Å². The SMILES string of the molecule is CCNCc1sc(N(C)C(C)CC(C)C)nc1CC. The minimum absolute atomic E-state index is 0.544. The molecule has 19 heavy (non-hydrogen) atoms. The highest BCUT2D eigenvalue weighted by Crippen LogP contribution is 2.28. The third kappa shape index (κ3) is 4.77. The Balaban J connectivity index is 2.79. The molecule has 0 aliphatic heterocycles. The molecule has 0 saturated heterocycles. The van der Waals surface area contributed by atoms with Crippen molar-refractivity contribution in [1.82, 2.24) is 10.3 Å². The van der Waals surface area contributed by atoms with Gasteiger partial charge in [0.25, 0.3) is 0 Å². The van der Waals surface area contributed by atoms with Crippen molar-refractivity contribution < 1.29 is 0 Å². The van der Waals surface area contributed by atoms with Gasteiger partial charge in [0.05, 0.1) is 5.69 Å². The molecule has 0 saturated carbocycles. The maximum absolute atomic E-state index is 4.81. The number of hydrogen-bond acceptors (Lipinski definition) is 4. The predicted octanol–water partition coefficient (Wildman–Crippen LogP) is 3.69. The van der Waals surface area contributed by atoms with Gasteiger partial charge in [-0.2, -0.15) is 0 Å². The van der Waals surface area contributed by atoms with Crippen LogP contribution >= 0.6 is 11.3 Å². The molecule has 0 fully saturated rings. The molecule has 1 aromatic heterocycles. The lowest BCUT2D eigenvalue weighted by molar-refractivity contribution is 0.503. The van der Waals surface area contributed by atoms with Gasteiger partial charge in [-0.1, -0.05) is 27.7 Å². The standard InChI is InChI=1S/C15H29N3S/c1-7-13-14(10-16-8-2)19-15(17-13)18(6)12(5)9-11(3)4/h11-12,16H,7-10H2,1-6H3. The number of nitrogens with one attached hydrogen (secondary N) is 1. The van der Waals surface area contributed by atoms with Crippen LogP contribution in [0, 0.1) is 5.92 Å². The number of rotatable bonds is 8. The zero-order chi connectivity index (χ0) is 14.4. The van der Waals surface area contributed by atoms with Crippen molar-refractivity contribution in [2.24, 2.45) is 5.92 Å². The fourth-order valence-electron chi connectivity index (χ4n) is 2.20. The van der Waals surface area contributed by atoms with E-state index in [4.69, 9.17) is 4.98 Å². The van der Waals surface area contributed by atoms with Crippen LogP contribution in [0.4, 0.5) is 5.13 Å². The van der Waals surface area contributed by atoms with Crippen LogP contribution in [0.1, 0.15) is 51.6 Å². The smallest absolute Gasteiger partial charge is 0.185 e. The molecule has 1 atom stereocenters. The van der Waals surface area contributed by atoms with Crippen LogP contribution in [-0.4, -0.2) is 24.6 Å². The first-order valence-corrected chi connectivity index (χ1v) is 8.23. The summed E-state index contributed by atoms with van der Waals surface area (Å²) in [6.07, 6.45) is 2.23. The molecule has 0 amide bonds. The molecule has 0 bridgehead atoms. The average Bonchev–Trinajstić information content (AvgIpc) is 2.77. The summed E-state index contributed by atoms with van der Waals surface area (Å²) in [6.45, 7) is 13.1. The van der Waals surface area contributed by atoms with Gasteiger partial charge in [-0.3, -0.25) is 0 Å². The van der Waals surface area contributed by atoms with Crippen molar-refractivity contribution >= 4 is 16.5 Å². The molecule has 1 heterocycles. The van der Waals surface area contributed by atoms with E-state index in [0.717, 1.165) is 30.6 Å². The maximum Gasteiger partial charge on any atom is 0.185 e. The Bertz CT molecular complexity index is 373. The first-order chi connectivity index (χ1) is 8.99. The van der Waals surface area contributed by atoms with Crippen molar-refractivity contribution in [3.05, 3.63) is 10.6 Å². The summed E-state index contributed by atoms with van der Waals surface area (Å²) in [4.78, 5) is 8.54. The molecular weight excluding hydrogens is 254 g/mol. The zero-order valence-electron chi connectivity index (χ0n) is 13.3. The normalized spacial score (nSPS) is 13.0. The predicted molar refractivity (Wildman–Crippen MR) is 86.2 cm³/mol. The average molecular weight is 283 g/mol. The Labute approximate surface area is 122 Å². The number of nitrogens with zero attached hydrogens (tertiary/aromatic N) is 2. The largest absolute Gasteiger partial charge is 0.348 e. The van der Waals surface area contributed by atoms with Gasteiger partial charge in [0, 0.05) is 24.5 Å². The maximum atomic E-state index is 4.81. The van der Waals surface area contributed by atoms with Crippen LogP contribution in [0.15, 0.2) is 0 Å². The van der Waals surface area contributed by atoms with Gasteiger partial charge in [-0.25, -0.2) is 4.98 Å². The van der Waals surface area contributed by atoms with Gasteiger partial charge in [0.15, 0.2) is 5.13 Å². The van der Waals surface area contributed by atoms with Gasteiger partial charge in [0.2, 0.25) is 0 Å². The van der Waals surface area contributed by atoms with Crippen LogP contribution < -0.4 is 10.2 Å². The fourth-order valence-corrected chi connectivity index (χ4v) is 3.38. The molecule has 0 spiro atoms. The van der Waals surface area contributed by atoms with Crippen molar-refractivity contribution in [1.29, 1.82) is 0 Å². The van der Waals surface area contributed by atoms with E-state index in [2.05, 4.69) is 51.9 Å². The highest BCUT2D eigenvalue weighted by Gasteiger charge is 2.17. The first kappa shape index (κ1) is 16.4. The van der Waals surface area contributed by atoms with Gasteiger partial charge < -0.3 is 10.2 Å². The van der Waals surface area contributed by atoms with E-state index in [1.54, 1.807) is 0 Å². The Morgan fingerprint density at radius 3 is 2.47 bits per heavy atom. The summed E-state index contributed by atoms with van der Waals surface area (Å²) in [5.41, 5.74) is 1.25. The van der Waals surface area contributed by atoms with Crippen molar-refractivity contribution in [2.75, 3.05) is 18.5 Å². The summed E-state index contributed by atoms with van der Waals surface area (Å²) < 4.78 is 0. The van der Waals surface area contributed by atoms with Gasteiger partial charge in [-0.05, 0) is 32.2 Å². The van der Waals surface area contributed by atoms with Crippen LogP contribution in [0.5, 0.6) is 0 Å². The monoisotopic (exact) mass is 283 g/mol. The van der Waals surface area contributed by atoms with Crippen LogP contribution in [0.3, 0.4) is 0 Å². The minimum atomic E-state index is 0.544. The molecule has 1 unspecified atom stereocenters. The Hall–Kier alpha value is -0.610. The number of anilines is 1. The topological polar surface area (TPSA) is 28.2 Å².